The second kappa shape index (κ2) is 36.0. The van der Waals surface area contributed by atoms with Crippen molar-refractivity contribution in [3.63, 3.8) is 0 Å². The number of hydroxylamine groups is 2. The van der Waals surface area contributed by atoms with Gasteiger partial charge in [0, 0.05) is 65.4 Å². The summed E-state index contributed by atoms with van der Waals surface area (Å²) < 4.78 is 0. The molecule has 0 aliphatic carbocycles. The number of piperazine rings is 1. The van der Waals surface area contributed by atoms with Crippen molar-refractivity contribution in [2.75, 3.05) is 113 Å². The van der Waals surface area contributed by atoms with Crippen LogP contribution >= 0.6 is 0 Å². The Labute approximate surface area is 290 Å². The fourth-order valence-electron chi connectivity index (χ4n) is 5.61. The quantitative estimate of drug-likeness (QED) is 0.172. The van der Waals surface area contributed by atoms with E-state index in [1.165, 1.54) is 102 Å². The van der Waals surface area contributed by atoms with Gasteiger partial charge in [-0.25, -0.2) is 0 Å². The highest BCUT2D eigenvalue weighted by Gasteiger charge is 2.15. The molecule has 3 unspecified atom stereocenters. The van der Waals surface area contributed by atoms with Crippen molar-refractivity contribution in [2.24, 2.45) is 11.8 Å². The number of hydrogen-bond acceptors (Lipinski definition) is 8. The molecule has 2 heterocycles. The van der Waals surface area contributed by atoms with Crippen LogP contribution in [0.2, 0.25) is 0 Å². The summed E-state index contributed by atoms with van der Waals surface area (Å²) in [5.74, 6) is 1.84. The summed E-state index contributed by atoms with van der Waals surface area (Å²) in [6.45, 7) is 34.1. The summed E-state index contributed by atoms with van der Waals surface area (Å²) in [5, 5.41) is 18.5. The summed E-state index contributed by atoms with van der Waals surface area (Å²) in [7, 11) is 8.12. The SMILES string of the molecule is CCC(C)CN(C)C.CCC(C)N(CC)CC.CCC1CCCN(C)C1.CCCCN(C)O.CCCCN1CCN(CCO)CC1. The molecular formula is C38H88N6O2. The van der Waals surface area contributed by atoms with Crippen LogP contribution in [-0.4, -0.2) is 159 Å². The Bertz CT molecular complexity index is 569. The lowest BCUT2D eigenvalue weighted by Gasteiger charge is -2.34. The number of hydrogen-bond donors (Lipinski definition) is 2. The highest BCUT2D eigenvalue weighted by Crippen LogP contribution is 2.17. The average Bonchev–Trinajstić information content (AvgIpc) is 3.04. The maximum absolute atomic E-state index is 8.77. The number of aliphatic hydroxyl groups excluding tert-OH is 1. The predicted octanol–water partition coefficient (Wildman–Crippen LogP) is 6.96. The molecule has 0 bridgehead atoms. The lowest BCUT2D eigenvalue weighted by molar-refractivity contribution is -0.0652. The molecule has 0 aromatic rings. The van der Waals surface area contributed by atoms with Gasteiger partial charge in [-0.2, -0.15) is 5.06 Å². The number of piperidine rings is 1. The maximum atomic E-state index is 8.77. The van der Waals surface area contributed by atoms with Crippen molar-refractivity contribution >= 4 is 0 Å². The Morgan fingerprint density at radius 1 is 0.761 bits per heavy atom. The van der Waals surface area contributed by atoms with E-state index in [0.29, 0.717) is 6.61 Å². The highest BCUT2D eigenvalue weighted by atomic mass is 16.5. The topological polar surface area (TPSA) is 59.9 Å². The standard InChI is InChI=1S/C10H22N2O.C8H17N.C8H19N.C7H17N.C5H13NO/c1-2-3-4-11-5-7-12(8-6-11)9-10-13;1-3-8-5-4-6-9(2)7-8;1-5-8(4)9(6-2)7-3;1-5-7(2)6-8(3)4;1-3-4-5-6(2)7/h13H,2-10H2,1H3;8H,3-7H2,1-2H3;8H,5-7H2,1-4H3;7H,5-6H2,1-4H3;7H,3-5H2,1-2H3. The van der Waals surface area contributed by atoms with Crippen molar-refractivity contribution in [2.45, 2.75) is 126 Å². The van der Waals surface area contributed by atoms with Gasteiger partial charge in [-0.15, -0.1) is 0 Å². The molecule has 3 atom stereocenters. The fraction of sp³-hybridized carbons (Fsp3) is 1.00. The summed E-state index contributed by atoms with van der Waals surface area (Å²) in [5.41, 5.74) is 0. The number of nitrogens with zero attached hydrogens (tertiary/aromatic N) is 6. The summed E-state index contributed by atoms with van der Waals surface area (Å²) in [6, 6.07) is 0.764. The van der Waals surface area contributed by atoms with Crippen LogP contribution in [0.3, 0.4) is 0 Å². The molecule has 0 spiro atoms. The van der Waals surface area contributed by atoms with Crippen molar-refractivity contribution < 1.29 is 10.3 Å². The van der Waals surface area contributed by atoms with Gasteiger partial charge in [0.2, 0.25) is 0 Å². The van der Waals surface area contributed by atoms with Gasteiger partial charge in [0.05, 0.1) is 6.61 Å². The third-order valence-electron chi connectivity index (χ3n) is 9.24. The maximum Gasteiger partial charge on any atom is 0.0558 e. The van der Waals surface area contributed by atoms with Gasteiger partial charge in [0.15, 0.2) is 0 Å². The van der Waals surface area contributed by atoms with Gasteiger partial charge in [-0.3, -0.25) is 4.90 Å². The van der Waals surface area contributed by atoms with E-state index in [2.05, 4.69) is 108 Å². The van der Waals surface area contributed by atoms with Crippen LogP contribution in [0.5, 0.6) is 0 Å². The van der Waals surface area contributed by atoms with Crippen LogP contribution < -0.4 is 0 Å². The number of aliphatic hydroxyl groups is 1. The number of likely N-dealkylation sites (tertiary alicyclic amines) is 1. The zero-order valence-corrected chi connectivity index (χ0v) is 33.9. The molecule has 0 amide bonds. The molecule has 0 aromatic heterocycles. The average molecular weight is 661 g/mol. The third kappa shape index (κ3) is 33.6. The zero-order valence-electron chi connectivity index (χ0n) is 33.9. The van der Waals surface area contributed by atoms with E-state index in [4.69, 9.17) is 10.3 Å². The Hall–Kier alpha value is -0.320. The van der Waals surface area contributed by atoms with Crippen LogP contribution in [0, 0.1) is 11.8 Å². The van der Waals surface area contributed by atoms with E-state index in [9.17, 15) is 0 Å². The first-order chi connectivity index (χ1) is 21.9. The first-order valence-corrected chi connectivity index (χ1v) is 19.4. The number of rotatable bonds is 16. The molecule has 0 saturated carbocycles. The van der Waals surface area contributed by atoms with Crippen molar-refractivity contribution in [3.05, 3.63) is 0 Å². The van der Waals surface area contributed by atoms with Crippen LogP contribution in [0.4, 0.5) is 0 Å². The molecule has 46 heavy (non-hydrogen) atoms. The van der Waals surface area contributed by atoms with E-state index >= 15 is 0 Å². The first kappa shape index (κ1) is 50.1. The van der Waals surface area contributed by atoms with Crippen LogP contribution in [0.15, 0.2) is 0 Å². The monoisotopic (exact) mass is 661 g/mol. The van der Waals surface area contributed by atoms with Crippen LogP contribution in [0.1, 0.15) is 120 Å². The molecule has 282 valence electrons. The van der Waals surface area contributed by atoms with Crippen molar-refractivity contribution in [3.8, 4) is 0 Å². The smallest absolute Gasteiger partial charge is 0.0558 e. The highest BCUT2D eigenvalue weighted by molar-refractivity contribution is 4.71. The molecule has 0 radical (unpaired) electrons. The summed E-state index contributed by atoms with van der Waals surface area (Å²) >= 11 is 0. The number of β-amino-alcohol motifs (C(OH)–C–C–N with tert-alkyl or cyclic N) is 1. The molecule has 2 aliphatic rings. The van der Waals surface area contributed by atoms with E-state index < -0.39 is 0 Å². The molecule has 8 nitrogen and oxygen atoms in total. The Morgan fingerprint density at radius 3 is 1.59 bits per heavy atom. The Balaban J connectivity index is -0.000000512. The lowest BCUT2D eigenvalue weighted by Crippen LogP contribution is -2.47. The van der Waals surface area contributed by atoms with Gasteiger partial charge >= 0.3 is 0 Å². The second-order valence-electron chi connectivity index (χ2n) is 13.9. The van der Waals surface area contributed by atoms with Gasteiger partial charge in [0.25, 0.3) is 0 Å². The largest absolute Gasteiger partial charge is 0.395 e. The minimum atomic E-state index is 0.301. The van der Waals surface area contributed by atoms with E-state index in [-0.39, 0.29) is 0 Å². The fourth-order valence-corrected chi connectivity index (χ4v) is 5.61. The molecule has 8 heteroatoms. The normalized spacial score (nSPS) is 18.8. The molecule has 2 aliphatic heterocycles. The predicted molar refractivity (Wildman–Crippen MR) is 205 cm³/mol. The molecule has 0 aromatic carbocycles. The van der Waals surface area contributed by atoms with Gasteiger partial charge in [-0.1, -0.05) is 81.1 Å². The van der Waals surface area contributed by atoms with Gasteiger partial charge in [-0.05, 0) is 98.2 Å². The minimum Gasteiger partial charge on any atom is -0.395 e. The van der Waals surface area contributed by atoms with Crippen LogP contribution in [-0.2, 0) is 0 Å². The molecule has 2 rings (SSSR count). The summed E-state index contributed by atoms with van der Waals surface area (Å²) in [4.78, 5) is 12.0. The third-order valence-corrected chi connectivity index (χ3v) is 9.24. The second-order valence-corrected chi connectivity index (χ2v) is 13.9. The van der Waals surface area contributed by atoms with Crippen LogP contribution in [0.25, 0.3) is 0 Å². The van der Waals surface area contributed by atoms with Crippen molar-refractivity contribution in [1.29, 1.82) is 0 Å². The molecule has 2 fully saturated rings. The van der Waals surface area contributed by atoms with Crippen molar-refractivity contribution in [1.82, 2.24) is 29.6 Å². The van der Waals surface area contributed by atoms with E-state index in [1.54, 1.807) is 7.05 Å². The van der Waals surface area contributed by atoms with E-state index in [1.807, 2.05) is 0 Å². The lowest BCUT2D eigenvalue weighted by atomic mass is 9.96. The van der Waals surface area contributed by atoms with Gasteiger partial charge < -0.3 is 29.9 Å². The van der Waals surface area contributed by atoms with Gasteiger partial charge in [0.1, 0.15) is 0 Å². The molecule has 2 N–H and O–H groups in total. The Kier molecular flexibility index (Phi) is 39.1. The first-order valence-electron chi connectivity index (χ1n) is 19.4. The molecular weight excluding hydrogens is 572 g/mol. The Morgan fingerprint density at radius 2 is 1.30 bits per heavy atom. The summed E-state index contributed by atoms with van der Waals surface area (Å²) in [6.07, 6.45) is 11.6. The van der Waals surface area contributed by atoms with E-state index in [0.717, 1.165) is 56.9 Å². The molecule has 2 saturated heterocycles. The zero-order chi connectivity index (χ0) is 35.8. The number of unbranched alkanes of at least 4 members (excludes halogenated alkanes) is 2. The minimum absolute atomic E-state index is 0.301.